The summed E-state index contributed by atoms with van der Waals surface area (Å²) in [4.78, 5) is 13.3. The molecule has 15 heavy (non-hydrogen) atoms. The maximum Gasteiger partial charge on any atom is 0.223 e. The average molecular weight is 212 g/mol. The number of amides is 1. The van der Waals surface area contributed by atoms with Gasteiger partial charge in [-0.2, -0.15) is 0 Å². The van der Waals surface area contributed by atoms with Crippen molar-refractivity contribution in [1.29, 1.82) is 0 Å². The number of unbranched alkanes of at least 4 members (excludes halogenated alkanes) is 2. The molecule has 0 saturated carbocycles. The van der Waals surface area contributed by atoms with Gasteiger partial charge in [-0.1, -0.05) is 31.9 Å². The smallest absolute Gasteiger partial charge is 0.223 e. The van der Waals surface area contributed by atoms with Crippen molar-refractivity contribution < 1.29 is 4.79 Å². The fourth-order valence-electron chi connectivity index (χ4n) is 1.12. The molecular weight excluding hydrogens is 188 g/mol. The van der Waals surface area contributed by atoms with Crippen molar-refractivity contribution in [3.63, 3.8) is 0 Å². The number of nitrogens with zero attached hydrogens (tertiary/aromatic N) is 1. The van der Waals surface area contributed by atoms with Gasteiger partial charge in [0.2, 0.25) is 5.91 Å². The van der Waals surface area contributed by atoms with E-state index >= 15 is 0 Å². The van der Waals surface area contributed by atoms with Crippen LogP contribution in [0.2, 0.25) is 0 Å². The molecule has 0 fully saturated rings. The Labute approximate surface area is 93.5 Å². The van der Waals surface area contributed by atoms with Crippen LogP contribution in [0.25, 0.3) is 0 Å². The van der Waals surface area contributed by atoms with Gasteiger partial charge in [0.05, 0.1) is 0 Å². The van der Waals surface area contributed by atoms with Crippen LogP contribution in [0.4, 0.5) is 0 Å². The van der Waals surface area contributed by atoms with E-state index in [0.717, 1.165) is 19.5 Å². The van der Waals surface area contributed by atoms with Crippen molar-refractivity contribution in [3.8, 4) is 0 Å². The van der Waals surface area contributed by atoms with Gasteiger partial charge < -0.3 is 10.2 Å². The number of hydrogen-bond donors (Lipinski definition) is 1. The highest BCUT2D eigenvalue weighted by atomic mass is 16.1. The molecule has 1 amide bonds. The van der Waals surface area contributed by atoms with Gasteiger partial charge in [0.25, 0.3) is 0 Å². The lowest BCUT2D eigenvalue weighted by atomic mass is 10.2. The lowest BCUT2D eigenvalue weighted by Gasteiger charge is -2.09. The Balaban J connectivity index is 3.36. The first-order chi connectivity index (χ1) is 7.16. The third-order valence-corrected chi connectivity index (χ3v) is 2.08. The molecule has 88 valence electrons. The van der Waals surface area contributed by atoms with Crippen LogP contribution >= 0.6 is 0 Å². The van der Waals surface area contributed by atoms with Gasteiger partial charge in [-0.3, -0.25) is 4.79 Å². The monoisotopic (exact) mass is 212 g/mol. The first kappa shape index (κ1) is 14.2. The molecular formula is C12H24N2O. The third kappa shape index (κ3) is 11.1. The predicted octanol–water partition coefficient (Wildman–Crippen LogP) is 1.80. The Bertz CT molecular complexity index is 188. The summed E-state index contributed by atoms with van der Waals surface area (Å²) in [6, 6.07) is 0. The summed E-state index contributed by atoms with van der Waals surface area (Å²) in [6.45, 7) is 3.79. The topological polar surface area (TPSA) is 32.3 Å². The van der Waals surface area contributed by atoms with Crippen molar-refractivity contribution in [2.45, 2.75) is 32.6 Å². The van der Waals surface area contributed by atoms with E-state index in [1.807, 2.05) is 20.2 Å². The molecule has 0 radical (unpaired) electrons. The summed E-state index contributed by atoms with van der Waals surface area (Å²) < 4.78 is 0. The highest BCUT2D eigenvalue weighted by molar-refractivity contribution is 5.77. The molecule has 3 heteroatoms. The van der Waals surface area contributed by atoms with Crippen LogP contribution in [0.5, 0.6) is 0 Å². The van der Waals surface area contributed by atoms with Crippen LogP contribution in [0.3, 0.4) is 0 Å². The van der Waals surface area contributed by atoms with Gasteiger partial charge in [-0.05, 0) is 20.5 Å². The Hall–Kier alpha value is -0.830. The van der Waals surface area contributed by atoms with Gasteiger partial charge in [0, 0.05) is 19.5 Å². The summed E-state index contributed by atoms with van der Waals surface area (Å²) in [5, 5.41) is 2.87. The second-order valence-electron chi connectivity index (χ2n) is 3.97. The van der Waals surface area contributed by atoms with E-state index in [2.05, 4.69) is 23.2 Å². The zero-order valence-electron chi connectivity index (χ0n) is 10.3. The average Bonchev–Trinajstić information content (AvgIpc) is 2.17. The van der Waals surface area contributed by atoms with Crippen LogP contribution in [0, 0.1) is 0 Å². The zero-order chi connectivity index (χ0) is 11.5. The highest BCUT2D eigenvalue weighted by Crippen LogP contribution is 1.95. The Morgan fingerprint density at radius 1 is 1.33 bits per heavy atom. The van der Waals surface area contributed by atoms with Crippen molar-refractivity contribution in [3.05, 3.63) is 12.2 Å². The number of hydrogen-bond acceptors (Lipinski definition) is 2. The number of carbonyl (C=O) groups excluding carboxylic acids is 1. The van der Waals surface area contributed by atoms with Gasteiger partial charge in [-0.25, -0.2) is 0 Å². The highest BCUT2D eigenvalue weighted by Gasteiger charge is 1.96. The molecule has 0 aliphatic carbocycles. The molecule has 3 nitrogen and oxygen atoms in total. The first-order valence-corrected chi connectivity index (χ1v) is 5.73. The summed E-state index contributed by atoms with van der Waals surface area (Å²) in [7, 11) is 3.99. The molecule has 0 aliphatic rings. The van der Waals surface area contributed by atoms with Crippen molar-refractivity contribution >= 4 is 5.91 Å². The Morgan fingerprint density at radius 3 is 2.67 bits per heavy atom. The number of nitrogens with one attached hydrogen (secondary N) is 1. The molecule has 1 N–H and O–H groups in total. The van der Waals surface area contributed by atoms with Gasteiger partial charge in [0.1, 0.15) is 0 Å². The largest absolute Gasteiger partial charge is 0.355 e. The van der Waals surface area contributed by atoms with E-state index in [4.69, 9.17) is 0 Å². The Morgan fingerprint density at radius 2 is 2.07 bits per heavy atom. The van der Waals surface area contributed by atoms with Crippen molar-refractivity contribution in [1.82, 2.24) is 10.2 Å². The molecule has 0 rings (SSSR count). The van der Waals surface area contributed by atoms with E-state index < -0.39 is 0 Å². The number of likely N-dealkylation sites (N-methyl/N-ethyl adjacent to an activating group) is 1. The molecule has 0 saturated heterocycles. The summed E-state index contributed by atoms with van der Waals surface area (Å²) in [6.07, 6.45) is 8.06. The SMILES string of the molecule is CCCC/C=C/CC(=O)NCCN(C)C. The molecule has 0 aromatic rings. The maximum atomic E-state index is 11.3. The summed E-state index contributed by atoms with van der Waals surface area (Å²) >= 11 is 0. The van der Waals surface area contributed by atoms with Crippen molar-refractivity contribution in [2.24, 2.45) is 0 Å². The van der Waals surface area contributed by atoms with E-state index in [9.17, 15) is 4.79 Å². The number of carbonyl (C=O) groups is 1. The van der Waals surface area contributed by atoms with Crippen molar-refractivity contribution in [2.75, 3.05) is 27.2 Å². The minimum atomic E-state index is 0.115. The third-order valence-electron chi connectivity index (χ3n) is 2.08. The minimum absolute atomic E-state index is 0.115. The van der Waals surface area contributed by atoms with Gasteiger partial charge in [-0.15, -0.1) is 0 Å². The van der Waals surface area contributed by atoms with Gasteiger partial charge in [0.15, 0.2) is 0 Å². The predicted molar refractivity (Wildman–Crippen MR) is 64.8 cm³/mol. The second kappa shape index (κ2) is 9.71. The zero-order valence-corrected chi connectivity index (χ0v) is 10.3. The first-order valence-electron chi connectivity index (χ1n) is 5.73. The number of rotatable bonds is 8. The van der Waals surface area contributed by atoms with E-state index in [0.29, 0.717) is 6.42 Å². The number of allylic oxidation sites excluding steroid dienone is 1. The minimum Gasteiger partial charge on any atom is -0.355 e. The van der Waals surface area contributed by atoms with Crippen LogP contribution in [-0.4, -0.2) is 38.0 Å². The van der Waals surface area contributed by atoms with Crippen LogP contribution in [0.15, 0.2) is 12.2 Å². The molecule has 0 aromatic carbocycles. The lowest BCUT2D eigenvalue weighted by molar-refractivity contribution is -0.120. The normalized spacial score (nSPS) is 11.2. The second-order valence-corrected chi connectivity index (χ2v) is 3.97. The molecule has 0 spiro atoms. The van der Waals surface area contributed by atoms with Gasteiger partial charge >= 0.3 is 0 Å². The molecule has 0 bridgehead atoms. The standard InChI is InChI=1S/C12H24N2O/c1-4-5-6-7-8-9-12(15)13-10-11-14(2)3/h7-8H,4-6,9-11H2,1-3H3,(H,13,15)/b8-7+. The van der Waals surface area contributed by atoms with Crippen LogP contribution in [0.1, 0.15) is 32.6 Å². The van der Waals surface area contributed by atoms with E-state index in [-0.39, 0.29) is 5.91 Å². The van der Waals surface area contributed by atoms with E-state index in [1.54, 1.807) is 0 Å². The summed E-state index contributed by atoms with van der Waals surface area (Å²) in [5.41, 5.74) is 0. The van der Waals surface area contributed by atoms with E-state index in [1.165, 1.54) is 12.8 Å². The molecule has 0 atom stereocenters. The lowest BCUT2D eigenvalue weighted by Crippen LogP contribution is -2.30. The summed E-state index contributed by atoms with van der Waals surface area (Å²) in [5.74, 6) is 0.115. The molecule has 0 aliphatic heterocycles. The molecule has 0 heterocycles. The maximum absolute atomic E-state index is 11.3. The molecule has 0 unspecified atom stereocenters. The quantitative estimate of drug-likeness (QED) is 0.491. The van der Waals surface area contributed by atoms with Crippen LogP contribution in [-0.2, 0) is 4.79 Å². The van der Waals surface area contributed by atoms with Crippen LogP contribution < -0.4 is 5.32 Å². The molecule has 0 aromatic heterocycles. The fraction of sp³-hybridized carbons (Fsp3) is 0.750. The Kier molecular flexibility index (Phi) is 9.18. The fourth-order valence-corrected chi connectivity index (χ4v) is 1.12.